The minimum absolute atomic E-state index is 0.0377. The number of hydrogen-bond acceptors (Lipinski definition) is 5. The van der Waals surface area contributed by atoms with Gasteiger partial charge in [0.1, 0.15) is 0 Å². The average Bonchev–Trinajstić information content (AvgIpc) is 3.00. The van der Waals surface area contributed by atoms with Crippen LogP contribution in [0.1, 0.15) is 15.9 Å². The predicted octanol–water partition coefficient (Wildman–Crippen LogP) is 3.37. The number of aryl methyl sites for hydroxylation is 1. The molecule has 0 aliphatic carbocycles. The zero-order chi connectivity index (χ0) is 19.4. The minimum atomic E-state index is -3.09. The highest BCUT2D eigenvalue weighted by molar-refractivity contribution is 7.99. The summed E-state index contributed by atoms with van der Waals surface area (Å²) in [6, 6.07) is 14.1. The maximum absolute atomic E-state index is 12.3. The van der Waals surface area contributed by atoms with E-state index in [1.807, 2.05) is 42.1 Å². The van der Waals surface area contributed by atoms with Crippen molar-refractivity contribution in [3.05, 3.63) is 72.1 Å². The first-order valence-corrected chi connectivity index (χ1v) is 11.0. The van der Waals surface area contributed by atoms with Gasteiger partial charge >= 0.3 is 0 Å². The van der Waals surface area contributed by atoms with Gasteiger partial charge in [-0.3, -0.25) is 4.79 Å². The maximum Gasteiger partial charge on any atom is 0.255 e. The highest BCUT2D eigenvalue weighted by atomic mass is 32.2. The largest absolute Gasteiger partial charge is 0.329 e. The number of imidazole rings is 1. The van der Waals surface area contributed by atoms with Crippen molar-refractivity contribution >= 4 is 33.2 Å². The number of sulfone groups is 1. The molecule has 0 bridgehead atoms. The van der Waals surface area contributed by atoms with Gasteiger partial charge in [-0.25, -0.2) is 13.4 Å². The summed E-state index contributed by atoms with van der Waals surface area (Å²) in [6.45, 7) is 0. The van der Waals surface area contributed by atoms with E-state index in [-0.39, 0.29) is 11.7 Å². The second-order valence-corrected chi connectivity index (χ2v) is 9.35. The van der Waals surface area contributed by atoms with Crippen LogP contribution in [0.25, 0.3) is 0 Å². The van der Waals surface area contributed by atoms with E-state index >= 15 is 0 Å². The molecule has 8 heteroatoms. The molecule has 140 valence electrons. The first-order valence-electron chi connectivity index (χ1n) is 8.13. The van der Waals surface area contributed by atoms with Crippen LogP contribution in [-0.2, 0) is 22.6 Å². The van der Waals surface area contributed by atoms with Crippen molar-refractivity contribution in [1.82, 2.24) is 9.55 Å². The maximum atomic E-state index is 12.3. The molecule has 0 aliphatic rings. The number of amides is 1. The molecule has 6 nitrogen and oxygen atoms in total. The van der Waals surface area contributed by atoms with Crippen LogP contribution in [0, 0.1) is 0 Å². The summed E-state index contributed by atoms with van der Waals surface area (Å²) >= 11 is 1.54. The van der Waals surface area contributed by atoms with Crippen LogP contribution in [0.3, 0.4) is 0 Å². The number of aromatic nitrogens is 2. The number of carbonyl (C=O) groups is 1. The summed E-state index contributed by atoms with van der Waals surface area (Å²) in [5.41, 5.74) is 1.81. The Kier molecular flexibility index (Phi) is 5.67. The molecule has 1 N–H and O–H groups in total. The lowest BCUT2D eigenvalue weighted by molar-refractivity contribution is 0.102. The standard InChI is InChI=1S/C19H19N3O3S2/c1-22-12-11-20-19(22)26-17-9-7-16(8-10-17)21-18(23)15-5-3-14(4-6-15)13-27(2,24)25/h3-12H,13H2,1-2H3,(H,21,23). The molecule has 2 aromatic carbocycles. The minimum Gasteiger partial charge on any atom is -0.329 e. The third-order valence-corrected chi connectivity index (χ3v) is 5.68. The molecule has 0 saturated heterocycles. The molecule has 1 amide bonds. The molecular weight excluding hydrogens is 382 g/mol. The van der Waals surface area contributed by atoms with E-state index < -0.39 is 9.84 Å². The van der Waals surface area contributed by atoms with Crippen molar-refractivity contribution in [2.45, 2.75) is 15.8 Å². The third-order valence-electron chi connectivity index (χ3n) is 3.74. The Morgan fingerprint density at radius 2 is 1.78 bits per heavy atom. The molecule has 3 aromatic rings. The molecule has 0 unspecified atom stereocenters. The van der Waals surface area contributed by atoms with Crippen LogP contribution in [0.5, 0.6) is 0 Å². The Labute approximate surface area is 162 Å². The van der Waals surface area contributed by atoms with Crippen molar-refractivity contribution in [1.29, 1.82) is 0 Å². The van der Waals surface area contributed by atoms with E-state index in [0.717, 1.165) is 10.1 Å². The fraction of sp³-hybridized carbons (Fsp3) is 0.158. The first-order chi connectivity index (χ1) is 12.8. The van der Waals surface area contributed by atoms with E-state index in [4.69, 9.17) is 0 Å². The Bertz CT molecular complexity index is 1040. The average molecular weight is 402 g/mol. The summed E-state index contributed by atoms with van der Waals surface area (Å²) < 4.78 is 24.6. The van der Waals surface area contributed by atoms with Crippen molar-refractivity contribution in [3.8, 4) is 0 Å². The van der Waals surface area contributed by atoms with Crippen LogP contribution >= 0.6 is 11.8 Å². The number of nitrogens with one attached hydrogen (secondary N) is 1. The Morgan fingerprint density at radius 1 is 1.11 bits per heavy atom. The highest BCUT2D eigenvalue weighted by Gasteiger charge is 2.09. The van der Waals surface area contributed by atoms with Crippen LogP contribution in [0.15, 0.2) is 71.0 Å². The van der Waals surface area contributed by atoms with Gasteiger partial charge in [0.15, 0.2) is 15.0 Å². The quantitative estimate of drug-likeness (QED) is 0.685. The zero-order valence-electron chi connectivity index (χ0n) is 14.9. The number of rotatable bonds is 6. The van der Waals surface area contributed by atoms with Crippen molar-refractivity contribution in [3.63, 3.8) is 0 Å². The van der Waals surface area contributed by atoms with Gasteiger partial charge < -0.3 is 9.88 Å². The summed E-state index contributed by atoms with van der Waals surface area (Å²) in [7, 11) is -1.16. The molecule has 0 atom stereocenters. The van der Waals surface area contributed by atoms with E-state index in [1.165, 1.54) is 6.26 Å². The summed E-state index contributed by atoms with van der Waals surface area (Å²) in [6.07, 6.45) is 4.82. The van der Waals surface area contributed by atoms with Crippen LogP contribution in [-0.4, -0.2) is 30.1 Å². The molecule has 1 heterocycles. The number of anilines is 1. The van der Waals surface area contributed by atoms with Gasteiger partial charge in [0.05, 0.1) is 5.75 Å². The first kappa shape index (κ1) is 19.2. The Hall–Kier alpha value is -2.58. The summed E-state index contributed by atoms with van der Waals surface area (Å²) in [5, 5.41) is 3.73. The molecule has 0 spiro atoms. The molecule has 0 fully saturated rings. The fourth-order valence-corrected chi connectivity index (χ4v) is 4.02. The second-order valence-electron chi connectivity index (χ2n) is 6.17. The highest BCUT2D eigenvalue weighted by Crippen LogP contribution is 2.26. The van der Waals surface area contributed by atoms with Crippen LogP contribution < -0.4 is 5.32 Å². The van der Waals surface area contributed by atoms with Crippen molar-refractivity contribution < 1.29 is 13.2 Å². The van der Waals surface area contributed by atoms with Crippen LogP contribution in [0.4, 0.5) is 5.69 Å². The third kappa shape index (κ3) is 5.45. The molecule has 0 saturated carbocycles. The lowest BCUT2D eigenvalue weighted by Gasteiger charge is -2.07. The van der Waals surface area contributed by atoms with Crippen molar-refractivity contribution in [2.24, 2.45) is 7.05 Å². The summed E-state index contributed by atoms with van der Waals surface area (Å²) in [4.78, 5) is 17.6. The molecule has 1 aromatic heterocycles. The second kappa shape index (κ2) is 7.98. The van der Waals surface area contributed by atoms with Gasteiger partial charge in [0, 0.05) is 41.8 Å². The molecule has 3 rings (SSSR count). The smallest absolute Gasteiger partial charge is 0.255 e. The van der Waals surface area contributed by atoms with Gasteiger partial charge in [0.25, 0.3) is 5.91 Å². The zero-order valence-corrected chi connectivity index (χ0v) is 16.5. The predicted molar refractivity (Wildman–Crippen MR) is 107 cm³/mol. The number of nitrogens with zero attached hydrogens (tertiary/aromatic N) is 2. The molecule has 0 aliphatic heterocycles. The molecule has 0 radical (unpaired) electrons. The van der Waals surface area contributed by atoms with Gasteiger partial charge in [-0.05, 0) is 42.0 Å². The van der Waals surface area contributed by atoms with Crippen LogP contribution in [0.2, 0.25) is 0 Å². The normalized spacial score (nSPS) is 11.3. The summed E-state index contributed by atoms with van der Waals surface area (Å²) in [5.74, 6) is -0.283. The van der Waals surface area contributed by atoms with E-state index in [1.54, 1.807) is 42.2 Å². The lowest BCUT2D eigenvalue weighted by atomic mass is 10.1. The van der Waals surface area contributed by atoms with Gasteiger partial charge in [-0.15, -0.1) is 0 Å². The monoisotopic (exact) mass is 401 g/mol. The molecular formula is C19H19N3O3S2. The van der Waals surface area contributed by atoms with Gasteiger partial charge in [-0.2, -0.15) is 0 Å². The number of hydrogen-bond donors (Lipinski definition) is 1. The Balaban J connectivity index is 1.63. The lowest BCUT2D eigenvalue weighted by Crippen LogP contribution is -2.12. The number of benzene rings is 2. The van der Waals surface area contributed by atoms with E-state index in [9.17, 15) is 13.2 Å². The van der Waals surface area contributed by atoms with Gasteiger partial charge in [-0.1, -0.05) is 23.9 Å². The topological polar surface area (TPSA) is 81.1 Å². The molecule has 27 heavy (non-hydrogen) atoms. The Morgan fingerprint density at radius 3 is 2.33 bits per heavy atom. The number of carbonyl (C=O) groups excluding carboxylic acids is 1. The van der Waals surface area contributed by atoms with E-state index in [2.05, 4.69) is 10.3 Å². The van der Waals surface area contributed by atoms with E-state index in [0.29, 0.717) is 16.8 Å². The fourth-order valence-electron chi connectivity index (χ4n) is 2.42. The van der Waals surface area contributed by atoms with Gasteiger partial charge in [0.2, 0.25) is 0 Å². The SMILES string of the molecule is Cn1ccnc1Sc1ccc(NC(=O)c2ccc(CS(C)(=O)=O)cc2)cc1. The van der Waals surface area contributed by atoms with Crippen molar-refractivity contribution in [2.75, 3.05) is 11.6 Å².